The number of sulfonamides is 1. The standard InChI is InChI=1S/C17H14F3NO2S3/c18-17(19,20)14-5-3-12(4-6-14)11-26(22,23)21-16(13-7-9-24-10-13)15-2-1-8-25-15/h1-10,16,21H,11H2/t16-/m1/s1. The van der Waals surface area contributed by atoms with E-state index in [1.54, 1.807) is 0 Å². The molecule has 0 amide bonds. The van der Waals surface area contributed by atoms with Gasteiger partial charge in [-0.15, -0.1) is 11.3 Å². The van der Waals surface area contributed by atoms with Crippen LogP contribution in [0.5, 0.6) is 0 Å². The van der Waals surface area contributed by atoms with Crippen LogP contribution < -0.4 is 4.72 Å². The first-order valence-electron chi connectivity index (χ1n) is 7.46. The highest BCUT2D eigenvalue weighted by molar-refractivity contribution is 7.88. The Morgan fingerprint density at radius 1 is 1.04 bits per heavy atom. The monoisotopic (exact) mass is 417 g/mol. The van der Waals surface area contributed by atoms with Crippen molar-refractivity contribution >= 4 is 32.7 Å². The number of nitrogens with one attached hydrogen (secondary N) is 1. The summed E-state index contributed by atoms with van der Waals surface area (Å²) in [5.74, 6) is -0.392. The van der Waals surface area contributed by atoms with Gasteiger partial charge in [-0.05, 0) is 51.5 Å². The van der Waals surface area contributed by atoms with Crippen molar-refractivity contribution < 1.29 is 21.6 Å². The van der Waals surface area contributed by atoms with E-state index in [1.165, 1.54) is 34.8 Å². The Morgan fingerprint density at radius 3 is 2.31 bits per heavy atom. The van der Waals surface area contributed by atoms with E-state index in [1.807, 2.05) is 34.3 Å². The van der Waals surface area contributed by atoms with Crippen molar-refractivity contribution in [3.05, 3.63) is 80.2 Å². The molecule has 2 aromatic heterocycles. The molecule has 3 nitrogen and oxygen atoms in total. The van der Waals surface area contributed by atoms with E-state index in [4.69, 9.17) is 0 Å². The fourth-order valence-corrected chi connectivity index (χ4v) is 5.32. The summed E-state index contributed by atoms with van der Waals surface area (Å²) < 4.78 is 65.6. The fraction of sp³-hybridized carbons (Fsp3) is 0.176. The third-order valence-electron chi connectivity index (χ3n) is 3.64. The van der Waals surface area contributed by atoms with Crippen molar-refractivity contribution in [2.24, 2.45) is 0 Å². The third-order valence-corrected chi connectivity index (χ3v) is 6.59. The van der Waals surface area contributed by atoms with Gasteiger partial charge in [-0.3, -0.25) is 0 Å². The molecule has 2 heterocycles. The van der Waals surface area contributed by atoms with Gasteiger partial charge in [-0.1, -0.05) is 18.2 Å². The smallest absolute Gasteiger partial charge is 0.212 e. The lowest BCUT2D eigenvalue weighted by Gasteiger charge is -2.17. The van der Waals surface area contributed by atoms with Crippen LogP contribution in [0.25, 0.3) is 0 Å². The number of thiophene rings is 2. The minimum absolute atomic E-state index is 0.292. The molecule has 0 radical (unpaired) electrons. The first-order chi connectivity index (χ1) is 12.2. The Hall–Kier alpha value is -1.68. The Bertz CT molecular complexity index is 898. The molecule has 138 valence electrons. The molecule has 0 spiro atoms. The van der Waals surface area contributed by atoms with Gasteiger partial charge in [-0.25, -0.2) is 13.1 Å². The van der Waals surface area contributed by atoms with E-state index in [2.05, 4.69) is 4.72 Å². The van der Waals surface area contributed by atoms with E-state index >= 15 is 0 Å². The van der Waals surface area contributed by atoms with Crippen molar-refractivity contribution in [3.63, 3.8) is 0 Å². The molecule has 0 unspecified atom stereocenters. The lowest BCUT2D eigenvalue weighted by atomic mass is 10.1. The number of hydrogen-bond acceptors (Lipinski definition) is 4. The van der Waals surface area contributed by atoms with Crippen LogP contribution in [0.1, 0.15) is 27.6 Å². The molecular formula is C17H14F3NO2S3. The summed E-state index contributed by atoms with van der Waals surface area (Å²) in [4.78, 5) is 0.847. The first-order valence-corrected chi connectivity index (χ1v) is 10.9. The average Bonchev–Trinajstić information content (AvgIpc) is 3.26. The van der Waals surface area contributed by atoms with Crippen LogP contribution in [0, 0.1) is 0 Å². The molecular weight excluding hydrogens is 403 g/mol. The summed E-state index contributed by atoms with van der Waals surface area (Å²) in [5.41, 5.74) is 0.315. The van der Waals surface area contributed by atoms with Gasteiger partial charge in [0.1, 0.15) is 0 Å². The van der Waals surface area contributed by atoms with Gasteiger partial charge in [0.25, 0.3) is 0 Å². The lowest BCUT2D eigenvalue weighted by Crippen LogP contribution is -2.29. The fourth-order valence-electron chi connectivity index (χ4n) is 2.42. The van der Waals surface area contributed by atoms with Crippen LogP contribution in [-0.4, -0.2) is 8.42 Å². The minimum Gasteiger partial charge on any atom is -0.212 e. The second-order valence-corrected chi connectivity index (χ2v) is 9.09. The first kappa shape index (κ1) is 19.1. The van der Waals surface area contributed by atoms with E-state index in [9.17, 15) is 21.6 Å². The molecule has 1 N–H and O–H groups in total. The zero-order valence-corrected chi connectivity index (χ0v) is 15.7. The maximum Gasteiger partial charge on any atom is 0.416 e. The summed E-state index contributed by atoms with van der Waals surface area (Å²) >= 11 is 2.90. The van der Waals surface area contributed by atoms with Gasteiger partial charge in [-0.2, -0.15) is 24.5 Å². The van der Waals surface area contributed by atoms with Crippen LogP contribution in [0.15, 0.2) is 58.6 Å². The normalized spacial score (nSPS) is 13.7. The van der Waals surface area contributed by atoms with E-state index < -0.39 is 33.6 Å². The van der Waals surface area contributed by atoms with Crippen molar-refractivity contribution in [2.45, 2.75) is 18.0 Å². The molecule has 0 saturated heterocycles. The minimum atomic E-state index is -4.45. The predicted molar refractivity (Wildman–Crippen MR) is 97.7 cm³/mol. The molecule has 0 bridgehead atoms. The Labute approximate surface area is 157 Å². The maximum atomic E-state index is 12.6. The van der Waals surface area contributed by atoms with Gasteiger partial charge >= 0.3 is 6.18 Å². The molecule has 9 heteroatoms. The number of halogens is 3. The molecule has 0 aliphatic heterocycles. The van der Waals surface area contributed by atoms with E-state index in [0.717, 1.165) is 22.6 Å². The van der Waals surface area contributed by atoms with Crippen molar-refractivity contribution in [3.8, 4) is 0 Å². The van der Waals surface area contributed by atoms with Gasteiger partial charge < -0.3 is 0 Å². The Kier molecular flexibility index (Phi) is 5.52. The zero-order valence-electron chi connectivity index (χ0n) is 13.2. The Balaban J connectivity index is 1.79. The van der Waals surface area contributed by atoms with Crippen LogP contribution in [-0.2, 0) is 22.0 Å². The van der Waals surface area contributed by atoms with Crippen LogP contribution in [0.3, 0.4) is 0 Å². The average molecular weight is 417 g/mol. The van der Waals surface area contributed by atoms with Crippen LogP contribution in [0.2, 0.25) is 0 Å². The van der Waals surface area contributed by atoms with Gasteiger partial charge in [0.05, 0.1) is 17.4 Å². The number of hydrogen-bond donors (Lipinski definition) is 1. The van der Waals surface area contributed by atoms with E-state index in [0.29, 0.717) is 5.56 Å². The highest BCUT2D eigenvalue weighted by atomic mass is 32.2. The highest BCUT2D eigenvalue weighted by Crippen LogP contribution is 2.30. The third kappa shape index (κ3) is 4.73. The van der Waals surface area contributed by atoms with Crippen molar-refractivity contribution in [1.82, 2.24) is 4.72 Å². The maximum absolute atomic E-state index is 12.6. The van der Waals surface area contributed by atoms with Crippen molar-refractivity contribution in [1.29, 1.82) is 0 Å². The molecule has 0 aliphatic rings. The predicted octanol–water partition coefficient (Wildman–Crippen LogP) is 5.04. The highest BCUT2D eigenvalue weighted by Gasteiger charge is 2.30. The second kappa shape index (κ2) is 7.51. The van der Waals surface area contributed by atoms with Crippen LogP contribution >= 0.6 is 22.7 Å². The number of benzene rings is 1. The topological polar surface area (TPSA) is 46.2 Å². The summed E-state index contributed by atoms with van der Waals surface area (Å²) in [6.07, 6.45) is -4.45. The van der Waals surface area contributed by atoms with E-state index in [-0.39, 0.29) is 0 Å². The largest absolute Gasteiger partial charge is 0.416 e. The summed E-state index contributed by atoms with van der Waals surface area (Å²) in [7, 11) is -3.75. The lowest BCUT2D eigenvalue weighted by molar-refractivity contribution is -0.137. The Morgan fingerprint density at radius 2 is 1.77 bits per heavy atom. The molecule has 0 fully saturated rings. The summed E-state index contributed by atoms with van der Waals surface area (Å²) in [5, 5.41) is 5.59. The molecule has 3 aromatic rings. The molecule has 1 atom stereocenters. The summed E-state index contributed by atoms with van der Waals surface area (Å²) in [6.45, 7) is 0. The van der Waals surface area contributed by atoms with Crippen molar-refractivity contribution in [2.75, 3.05) is 0 Å². The molecule has 26 heavy (non-hydrogen) atoms. The zero-order chi connectivity index (χ0) is 18.8. The quantitative estimate of drug-likeness (QED) is 0.611. The van der Waals surface area contributed by atoms with Gasteiger partial charge in [0.15, 0.2) is 0 Å². The SMILES string of the molecule is O=S(=O)(Cc1ccc(C(F)(F)F)cc1)N[C@H](c1ccsc1)c1cccs1. The van der Waals surface area contributed by atoms with Crippen LogP contribution in [0.4, 0.5) is 13.2 Å². The molecule has 3 rings (SSSR count). The number of alkyl halides is 3. The molecule has 1 aromatic carbocycles. The second-order valence-electron chi connectivity index (χ2n) is 5.58. The molecule has 0 aliphatic carbocycles. The van der Waals surface area contributed by atoms with Gasteiger partial charge in [0, 0.05) is 4.88 Å². The van der Waals surface area contributed by atoms with Gasteiger partial charge in [0.2, 0.25) is 10.0 Å². The molecule has 0 saturated carbocycles. The summed E-state index contributed by atoms with van der Waals surface area (Å²) in [6, 6.07) is 9.16. The number of rotatable bonds is 6.